The molecule has 0 amide bonds. The lowest BCUT2D eigenvalue weighted by Crippen LogP contribution is -2.42. The average Bonchev–Trinajstić information content (AvgIpc) is 2.95. The Bertz CT molecular complexity index is 683. The SMILES string of the molecule is CC1CC(C(=O)O)CN(Cc2ncc(-c3ccc(Br)cc3)[nH]2)C1. The molecule has 122 valence electrons. The molecule has 2 N–H and O–H groups in total. The minimum Gasteiger partial charge on any atom is -0.481 e. The van der Waals surface area contributed by atoms with Crippen molar-refractivity contribution in [2.75, 3.05) is 13.1 Å². The summed E-state index contributed by atoms with van der Waals surface area (Å²) < 4.78 is 1.04. The van der Waals surface area contributed by atoms with Crippen molar-refractivity contribution < 1.29 is 9.90 Å². The third-order valence-electron chi connectivity index (χ3n) is 4.24. The van der Waals surface area contributed by atoms with Crippen LogP contribution in [0.15, 0.2) is 34.9 Å². The number of imidazole rings is 1. The minimum absolute atomic E-state index is 0.278. The number of hydrogen-bond donors (Lipinski definition) is 2. The van der Waals surface area contributed by atoms with E-state index >= 15 is 0 Å². The number of halogens is 1. The summed E-state index contributed by atoms with van der Waals surface area (Å²) in [7, 11) is 0. The summed E-state index contributed by atoms with van der Waals surface area (Å²) in [4.78, 5) is 21.2. The maximum atomic E-state index is 11.3. The molecule has 0 bridgehead atoms. The van der Waals surface area contributed by atoms with E-state index in [-0.39, 0.29) is 5.92 Å². The van der Waals surface area contributed by atoms with Crippen molar-refractivity contribution in [3.63, 3.8) is 0 Å². The van der Waals surface area contributed by atoms with Gasteiger partial charge in [-0.3, -0.25) is 9.69 Å². The summed E-state index contributed by atoms with van der Waals surface area (Å²) in [6.07, 6.45) is 2.59. The van der Waals surface area contributed by atoms with Crippen molar-refractivity contribution in [2.45, 2.75) is 19.9 Å². The Morgan fingerprint density at radius 1 is 1.39 bits per heavy atom. The van der Waals surface area contributed by atoms with Crippen molar-refractivity contribution >= 4 is 21.9 Å². The zero-order valence-corrected chi connectivity index (χ0v) is 14.6. The summed E-state index contributed by atoms with van der Waals surface area (Å²) in [5.41, 5.74) is 2.06. The standard InChI is InChI=1S/C17H20BrN3O2/c1-11-6-13(17(22)23)9-21(8-11)10-16-19-7-15(20-16)12-2-4-14(18)5-3-12/h2-5,7,11,13H,6,8-10H2,1H3,(H,19,20)(H,22,23). The van der Waals surface area contributed by atoms with E-state index in [1.807, 2.05) is 30.5 Å². The fourth-order valence-corrected chi connectivity index (χ4v) is 3.46. The number of aliphatic carboxylic acids is 1. The zero-order chi connectivity index (χ0) is 16.4. The lowest BCUT2D eigenvalue weighted by Gasteiger charge is -2.34. The summed E-state index contributed by atoms with van der Waals surface area (Å²) in [5, 5.41) is 9.26. The Hall–Kier alpha value is -1.66. The van der Waals surface area contributed by atoms with E-state index in [0.717, 1.165) is 34.5 Å². The molecule has 1 saturated heterocycles. The van der Waals surface area contributed by atoms with Crippen LogP contribution >= 0.6 is 15.9 Å². The van der Waals surface area contributed by atoms with Gasteiger partial charge in [0.25, 0.3) is 0 Å². The first-order valence-electron chi connectivity index (χ1n) is 7.76. The van der Waals surface area contributed by atoms with E-state index in [1.54, 1.807) is 0 Å². The second kappa shape index (κ2) is 6.84. The van der Waals surface area contributed by atoms with Crippen LogP contribution in [0.3, 0.4) is 0 Å². The number of carboxylic acids is 1. The molecule has 1 fully saturated rings. The largest absolute Gasteiger partial charge is 0.481 e. The number of aromatic amines is 1. The molecule has 3 rings (SSSR count). The van der Waals surface area contributed by atoms with E-state index in [0.29, 0.717) is 19.0 Å². The van der Waals surface area contributed by atoms with Crippen molar-refractivity contribution in [1.29, 1.82) is 0 Å². The highest BCUT2D eigenvalue weighted by Gasteiger charge is 2.29. The number of hydrogen-bond acceptors (Lipinski definition) is 3. The Balaban J connectivity index is 1.69. The third kappa shape index (κ3) is 4.00. The number of carbonyl (C=O) groups is 1. The normalized spacial score (nSPS) is 22.2. The number of nitrogens with zero attached hydrogens (tertiary/aromatic N) is 2. The van der Waals surface area contributed by atoms with Gasteiger partial charge in [0.15, 0.2) is 0 Å². The lowest BCUT2D eigenvalue weighted by molar-refractivity contribution is -0.144. The molecular formula is C17H20BrN3O2. The average molecular weight is 378 g/mol. The molecule has 6 heteroatoms. The van der Waals surface area contributed by atoms with E-state index < -0.39 is 5.97 Å². The van der Waals surface area contributed by atoms with E-state index in [4.69, 9.17) is 0 Å². The second-order valence-electron chi connectivity index (χ2n) is 6.32. The zero-order valence-electron chi connectivity index (χ0n) is 13.0. The molecule has 2 aromatic rings. The fourth-order valence-electron chi connectivity index (χ4n) is 3.20. The first-order valence-corrected chi connectivity index (χ1v) is 8.55. The van der Waals surface area contributed by atoms with Crippen LogP contribution < -0.4 is 0 Å². The van der Waals surface area contributed by atoms with Crippen LogP contribution in [0.5, 0.6) is 0 Å². The topological polar surface area (TPSA) is 69.2 Å². The van der Waals surface area contributed by atoms with Crippen LogP contribution in [0.4, 0.5) is 0 Å². The molecule has 2 atom stereocenters. The van der Waals surface area contributed by atoms with Crippen LogP contribution in [-0.4, -0.2) is 39.0 Å². The monoisotopic (exact) mass is 377 g/mol. The van der Waals surface area contributed by atoms with E-state index in [2.05, 4.69) is 37.7 Å². The quantitative estimate of drug-likeness (QED) is 0.856. The highest BCUT2D eigenvalue weighted by molar-refractivity contribution is 9.10. The third-order valence-corrected chi connectivity index (χ3v) is 4.77. The van der Waals surface area contributed by atoms with Gasteiger partial charge < -0.3 is 10.1 Å². The maximum absolute atomic E-state index is 11.3. The molecular weight excluding hydrogens is 358 g/mol. The van der Waals surface area contributed by atoms with E-state index in [9.17, 15) is 9.90 Å². The molecule has 2 heterocycles. The molecule has 0 radical (unpaired) electrons. The number of aromatic nitrogens is 2. The lowest BCUT2D eigenvalue weighted by atomic mass is 9.90. The van der Waals surface area contributed by atoms with Crippen molar-refractivity contribution in [3.05, 3.63) is 40.8 Å². The molecule has 0 aliphatic carbocycles. The predicted molar refractivity (Wildman–Crippen MR) is 91.9 cm³/mol. The summed E-state index contributed by atoms with van der Waals surface area (Å²) in [6.45, 7) is 4.27. The predicted octanol–water partition coefficient (Wildman–Crippen LogP) is 3.38. The van der Waals surface area contributed by atoms with Gasteiger partial charge in [0.2, 0.25) is 0 Å². The number of carboxylic acid groups (broad SMARTS) is 1. The number of likely N-dealkylation sites (tertiary alicyclic amines) is 1. The van der Waals surface area contributed by atoms with Gasteiger partial charge in [-0.25, -0.2) is 4.98 Å². The summed E-state index contributed by atoms with van der Waals surface area (Å²) in [5.74, 6) is 0.295. The summed E-state index contributed by atoms with van der Waals surface area (Å²) in [6, 6.07) is 8.06. The smallest absolute Gasteiger partial charge is 0.307 e. The molecule has 1 aliphatic rings. The van der Waals surface area contributed by atoms with E-state index in [1.165, 1.54) is 0 Å². The number of piperidine rings is 1. The van der Waals surface area contributed by atoms with Gasteiger partial charge >= 0.3 is 5.97 Å². The molecule has 2 unspecified atom stereocenters. The number of benzene rings is 1. The van der Waals surface area contributed by atoms with Crippen LogP contribution in [0.2, 0.25) is 0 Å². The molecule has 0 saturated carbocycles. The molecule has 1 aliphatic heterocycles. The van der Waals surface area contributed by atoms with Crippen molar-refractivity contribution in [1.82, 2.24) is 14.9 Å². The van der Waals surface area contributed by atoms with Gasteiger partial charge in [-0.1, -0.05) is 35.0 Å². The Kier molecular flexibility index (Phi) is 4.82. The minimum atomic E-state index is -0.698. The fraction of sp³-hybridized carbons (Fsp3) is 0.412. The van der Waals surface area contributed by atoms with Crippen LogP contribution in [-0.2, 0) is 11.3 Å². The Morgan fingerprint density at radius 2 is 2.13 bits per heavy atom. The first kappa shape index (κ1) is 16.2. The number of nitrogens with one attached hydrogen (secondary N) is 1. The van der Waals surface area contributed by atoms with Gasteiger partial charge in [0.1, 0.15) is 5.82 Å². The molecule has 1 aromatic heterocycles. The highest BCUT2D eigenvalue weighted by Crippen LogP contribution is 2.24. The number of rotatable bonds is 4. The molecule has 0 spiro atoms. The summed E-state index contributed by atoms with van der Waals surface area (Å²) >= 11 is 3.43. The highest BCUT2D eigenvalue weighted by atomic mass is 79.9. The molecule has 23 heavy (non-hydrogen) atoms. The van der Waals surface area contributed by atoms with Crippen LogP contribution in [0.25, 0.3) is 11.3 Å². The van der Waals surface area contributed by atoms with Gasteiger partial charge in [0, 0.05) is 17.6 Å². The Morgan fingerprint density at radius 3 is 2.83 bits per heavy atom. The van der Waals surface area contributed by atoms with Gasteiger partial charge in [0.05, 0.1) is 24.4 Å². The van der Waals surface area contributed by atoms with Gasteiger partial charge in [-0.15, -0.1) is 0 Å². The van der Waals surface area contributed by atoms with Crippen molar-refractivity contribution in [2.24, 2.45) is 11.8 Å². The second-order valence-corrected chi connectivity index (χ2v) is 7.24. The Labute approximate surface area is 143 Å². The van der Waals surface area contributed by atoms with Crippen LogP contribution in [0.1, 0.15) is 19.2 Å². The molecule has 5 nitrogen and oxygen atoms in total. The number of H-pyrrole nitrogens is 1. The molecule has 1 aromatic carbocycles. The van der Waals surface area contributed by atoms with Gasteiger partial charge in [-0.05, 0) is 30.0 Å². The maximum Gasteiger partial charge on any atom is 0.307 e. The van der Waals surface area contributed by atoms with Crippen molar-refractivity contribution in [3.8, 4) is 11.3 Å². The van der Waals surface area contributed by atoms with Crippen LogP contribution in [0, 0.1) is 11.8 Å². The van der Waals surface area contributed by atoms with Gasteiger partial charge in [-0.2, -0.15) is 0 Å². The first-order chi connectivity index (χ1) is 11.0.